The minimum Gasteiger partial charge on any atom is -0.368 e. The summed E-state index contributed by atoms with van der Waals surface area (Å²) in [5.41, 5.74) is 4.57. The quantitative estimate of drug-likeness (QED) is 0.375. The molecule has 4 aromatic rings. The van der Waals surface area contributed by atoms with Crippen LogP contribution in [0.2, 0.25) is 0 Å². The minimum atomic E-state index is -1.24. The average molecular weight is 458 g/mol. The number of amides is 1. The molecule has 176 valence electrons. The van der Waals surface area contributed by atoms with Gasteiger partial charge in [-0.05, 0) is 74.4 Å². The maximum absolute atomic E-state index is 13.3. The molecule has 0 spiro atoms. The number of pyridine rings is 1. The highest BCUT2D eigenvalue weighted by molar-refractivity contribution is 6.06. The summed E-state index contributed by atoms with van der Waals surface area (Å²) in [7, 11) is 0. The molecule has 2 aromatic carbocycles. The maximum atomic E-state index is 13.3. The molecular formula is C28H31N3O3. The lowest BCUT2D eigenvalue weighted by Crippen LogP contribution is -2.33. The number of carbonyl (C=O) groups excluding carboxylic acids is 1. The van der Waals surface area contributed by atoms with E-state index in [1.165, 1.54) is 0 Å². The number of nitrogens with zero attached hydrogens (tertiary/aromatic N) is 2. The van der Waals surface area contributed by atoms with E-state index in [1.54, 1.807) is 0 Å². The number of carbonyl (C=O) groups is 1. The molecule has 0 aliphatic heterocycles. The average Bonchev–Trinajstić information content (AvgIpc) is 3.24. The Hall–Kier alpha value is -3.22. The number of aromatic nitrogens is 2. The summed E-state index contributed by atoms with van der Waals surface area (Å²) in [6, 6.07) is 18.3. The molecule has 1 saturated carbocycles. The monoisotopic (exact) mass is 457 g/mol. The number of aliphatic hydroxyl groups excluding tert-OH is 1. The van der Waals surface area contributed by atoms with Crippen molar-refractivity contribution in [3.05, 3.63) is 77.6 Å². The number of para-hydroxylation sites is 1. The van der Waals surface area contributed by atoms with Crippen LogP contribution < -0.4 is 5.32 Å². The third-order valence-electron chi connectivity index (χ3n) is 7.10. The SMILES string of the molecule is Cc1cc(C(=O)NCC2CCC(C(O)O)CC2)c2c(ccn2Cc2ccc3ccccc3n2)c1. The summed E-state index contributed by atoms with van der Waals surface area (Å²) in [5, 5.41) is 24.1. The van der Waals surface area contributed by atoms with Gasteiger partial charge in [0.2, 0.25) is 0 Å². The first kappa shape index (κ1) is 22.6. The topological polar surface area (TPSA) is 87.4 Å². The van der Waals surface area contributed by atoms with Gasteiger partial charge in [-0.25, -0.2) is 0 Å². The molecule has 6 heteroatoms. The van der Waals surface area contributed by atoms with Gasteiger partial charge in [0.25, 0.3) is 5.91 Å². The predicted molar refractivity (Wildman–Crippen MR) is 134 cm³/mol. The fraction of sp³-hybridized carbons (Fsp3) is 0.357. The van der Waals surface area contributed by atoms with Crippen molar-refractivity contribution < 1.29 is 15.0 Å². The Morgan fingerprint density at radius 2 is 1.85 bits per heavy atom. The lowest BCUT2D eigenvalue weighted by molar-refractivity contribution is -0.0956. The van der Waals surface area contributed by atoms with Gasteiger partial charge in [-0.2, -0.15) is 0 Å². The zero-order valence-electron chi connectivity index (χ0n) is 19.4. The van der Waals surface area contributed by atoms with E-state index >= 15 is 0 Å². The fourth-order valence-corrected chi connectivity index (χ4v) is 5.20. The first-order valence-corrected chi connectivity index (χ1v) is 12.1. The van der Waals surface area contributed by atoms with Crippen LogP contribution >= 0.6 is 0 Å². The number of aliphatic hydroxyl groups is 2. The van der Waals surface area contributed by atoms with Crippen LogP contribution in [0.4, 0.5) is 0 Å². The number of aryl methyl sites for hydroxylation is 1. The molecule has 1 fully saturated rings. The van der Waals surface area contributed by atoms with Crippen molar-refractivity contribution in [1.82, 2.24) is 14.9 Å². The van der Waals surface area contributed by atoms with E-state index in [0.29, 0.717) is 24.6 Å². The zero-order valence-corrected chi connectivity index (χ0v) is 19.4. The first-order chi connectivity index (χ1) is 16.5. The molecule has 6 nitrogen and oxygen atoms in total. The van der Waals surface area contributed by atoms with Gasteiger partial charge in [-0.15, -0.1) is 0 Å². The van der Waals surface area contributed by atoms with E-state index in [2.05, 4.69) is 34.1 Å². The van der Waals surface area contributed by atoms with Crippen LogP contribution in [0.1, 0.15) is 47.3 Å². The summed E-state index contributed by atoms with van der Waals surface area (Å²) in [6.45, 7) is 3.21. The molecule has 1 amide bonds. The second-order valence-corrected chi connectivity index (χ2v) is 9.59. The van der Waals surface area contributed by atoms with Crippen LogP contribution in [0.3, 0.4) is 0 Å². The number of hydrogen-bond acceptors (Lipinski definition) is 4. The van der Waals surface area contributed by atoms with Gasteiger partial charge in [0.1, 0.15) is 0 Å². The summed E-state index contributed by atoms with van der Waals surface area (Å²) in [6.07, 6.45) is 4.16. The molecule has 0 atom stereocenters. The second-order valence-electron chi connectivity index (χ2n) is 9.59. The Labute approximate surface area is 199 Å². The number of nitrogens with one attached hydrogen (secondary N) is 1. The summed E-state index contributed by atoms with van der Waals surface area (Å²) >= 11 is 0. The number of fused-ring (bicyclic) bond motifs is 2. The van der Waals surface area contributed by atoms with Gasteiger partial charge in [0.15, 0.2) is 6.29 Å². The van der Waals surface area contributed by atoms with Gasteiger partial charge >= 0.3 is 0 Å². The zero-order chi connectivity index (χ0) is 23.7. The van der Waals surface area contributed by atoms with Crippen molar-refractivity contribution in [1.29, 1.82) is 0 Å². The molecule has 0 unspecified atom stereocenters. The molecule has 0 saturated heterocycles. The van der Waals surface area contributed by atoms with Crippen LogP contribution in [-0.4, -0.2) is 38.5 Å². The van der Waals surface area contributed by atoms with Crippen molar-refractivity contribution in [3.63, 3.8) is 0 Å². The minimum absolute atomic E-state index is 0.0460. The third kappa shape index (κ3) is 4.69. The Morgan fingerprint density at radius 3 is 2.65 bits per heavy atom. The Balaban J connectivity index is 1.35. The largest absolute Gasteiger partial charge is 0.368 e. The Kier molecular flexibility index (Phi) is 6.35. The van der Waals surface area contributed by atoms with Crippen molar-refractivity contribution in [2.75, 3.05) is 6.54 Å². The van der Waals surface area contributed by atoms with E-state index in [9.17, 15) is 15.0 Å². The molecular weight excluding hydrogens is 426 g/mol. The predicted octanol–water partition coefficient (Wildman–Crippen LogP) is 4.39. The van der Waals surface area contributed by atoms with Crippen molar-refractivity contribution in [2.45, 2.75) is 45.4 Å². The first-order valence-electron chi connectivity index (χ1n) is 12.1. The number of rotatable bonds is 6. The highest BCUT2D eigenvalue weighted by Crippen LogP contribution is 2.30. The molecule has 1 aliphatic carbocycles. The van der Waals surface area contributed by atoms with Crippen LogP contribution in [0, 0.1) is 18.8 Å². The normalized spacial score (nSPS) is 18.6. The molecule has 2 heterocycles. The van der Waals surface area contributed by atoms with E-state index in [-0.39, 0.29) is 11.8 Å². The van der Waals surface area contributed by atoms with Gasteiger partial charge in [-0.3, -0.25) is 9.78 Å². The smallest absolute Gasteiger partial charge is 0.253 e. The van der Waals surface area contributed by atoms with Crippen molar-refractivity contribution in [3.8, 4) is 0 Å². The van der Waals surface area contributed by atoms with Crippen molar-refractivity contribution >= 4 is 27.7 Å². The molecule has 1 aliphatic rings. The van der Waals surface area contributed by atoms with E-state index in [0.717, 1.165) is 58.7 Å². The standard InChI is InChI=1S/C28H31N3O3/c1-18-14-22-12-13-31(17-23-11-10-20-4-2-3-5-25(20)30-23)26(22)24(15-18)27(32)29-16-19-6-8-21(9-7-19)28(33)34/h2-5,10-15,19,21,28,33-34H,6-9,16-17H2,1H3,(H,29,32). The summed E-state index contributed by atoms with van der Waals surface area (Å²) in [5.74, 6) is 0.257. The molecule has 2 aromatic heterocycles. The lowest BCUT2D eigenvalue weighted by atomic mass is 9.81. The lowest BCUT2D eigenvalue weighted by Gasteiger charge is -2.29. The van der Waals surface area contributed by atoms with Gasteiger partial charge in [0, 0.05) is 29.4 Å². The van der Waals surface area contributed by atoms with Crippen LogP contribution in [0.15, 0.2) is 60.8 Å². The van der Waals surface area contributed by atoms with E-state index < -0.39 is 6.29 Å². The van der Waals surface area contributed by atoms with E-state index in [1.807, 2.05) is 43.5 Å². The maximum Gasteiger partial charge on any atom is 0.253 e. The van der Waals surface area contributed by atoms with Gasteiger partial charge in [-0.1, -0.05) is 24.3 Å². The number of benzene rings is 2. The second kappa shape index (κ2) is 9.57. The number of hydrogen-bond donors (Lipinski definition) is 3. The van der Waals surface area contributed by atoms with Crippen LogP contribution in [0.5, 0.6) is 0 Å². The van der Waals surface area contributed by atoms with Crippen LogP contribution in [-0.2, 0) is 6.54 Å². The van der Waals surface area contributed by atoms with Gasteiger partial charge < -0.3 is 20.1 Å². The Morgan fingerprint density at radius 1 is 1.06 bits per heavy atom. The molecule has 34 heavy (non-hydrogen) atoms. The highest BCUT2D eigenvalue weighted by atomic mass is 16.5. The molecule has 3 N–H and O–H groups in total. The molecule has 0 bridgehead atoms. The molecule has 5 rings (SSSR count). The Bertz CT molecular complexity index is 1320. The van der Waals surface area contributed by atoms with Gasteiger partial charge in [0.05, 0.1) is 28.8 Å². The summed E-state index contributed by atoms with van der Waals surface area (Å²) < 4.78 is 2.11. The highest BCUT2D eigenvalue weighted by Gasteiger charge is 2.26. The fourth-order valence-electron chi connectivity index (χ4n) is 5.20. The van der Waals surface area contributed by atoms with E-state index in [4.69, 9.17) is 4.98 Å². The third-order valence-corrected chi connectivity index (χ3v) is 7.10. The molecule has 0 radical (unpaired) electrons. The van der Waals surface area contributed by atoms with Crippen LogP contribution in [0.25, 0.3) is 21.8 Å². The summed E-state index contributed by atoms with van der Waals surface area (Å²) in [4.78, 5) is 18.1. The van der Waals surface area contributed by atoms with Crippen molar-refractivity contribution in [2.24, 2.45) is 11.8 Å².